The van der Waals surface area contributed by atoms with Gasteiger partial charge in [0.15, 0.2) is 0 Å². The van der Waals surface area contributed by atoms with Gasteiger partial charge in [-0.15, -0.1) is 0 Å². The number of fused-ring (bicyclic) bond motifs is 1. The molecule has 2 heterocycles. The molecule has 0 fully saturated rings. The molecule has 0 saturated heterocycles. The molecule has 4 nitrogen and oxygen atoms in total. The number of carboxylic acids is 1. The smallest absolute Gasteiger partial charge is 0.307 e. The molecule has 0 amide bonds. The van der Waals surface area contributed by atoms with Gasteiger partial charge in [-0.05, 0) is 11.6 Å². The zero-order valence-electron chi connectivity index (χ0n) is 6.82. The first-order chi connectivity index (χ1) is 6.27. The van der Waals surface area contributed by atoms with E-state index in [9.17, 15) is 4.79 Å². The van der Waals surface area contributed by atoms with Gasteiger partial charge in [-0.1, -0.05) is 0 Å². The first-order valence-corrected chi connectivity index (χ1v) is 3.89. The molecule has 0 spiro atoms. The van der Waals surface area contributed by atoms with Gasteiger partial charge < -0.3 is 10.1 Å². The highest BCUT2D eigenvalue weighted by molar-refractivity contribution is 5.86. The number of carbonyl (C=O) groups is 1. The van der Waals surface area contributed by atoms with Gasteiger partial charge in [0, 0.05) is 17.8 Å². The van der Waals surface area contributed by atoms with E-state index in [0.29, 0.717) is 0 Å². The molecule has 13 heavy (non-hydrogen) atoms. The van der Waals surface area contributed by atoms with Crippen molar-refractivity contribution in [2.45, 2.75) is 6.42 Å². The quantitative estimate of drug-likeness (QED) is 0.722. The summed E-state index contributed by atoms with van der Waals surface area (Å²) in [5, 5.41) is 9.54. The maximum Gasteiger partial charge on any atom is 0.307 e. The van der Waals surface area contributed by atoms with Crippen molar-refractivity contribution in [1.82, 2.24) is 9.97 Å². The van der Waals surface area contributed by atoms with E-state index in [-0.39, 0.29) is 6.42 Å². The van der Waals surface area contributed by atoms with Crippen molar-refractivity contribution in [1.29, 1.82) is 0 Å². The topological polar surface area (TPSA) is 66.0 Å². The summed E-state index contributed by atoms with van der Waals surface area (Å²) in [4.78, 5) is 17.4. The van der Waals surface area contributed by atoms with E-state index in [2.05, 4.69) is 9.97 Å². The number of aromatic nitrogens is 2. The number of aromatic amines is 1. The molecule has 2 aromatic heterocycles. The van der Waals surface area contributed by atoms with Crippen LogP contribution in [0.3, 0.4) is 0 Å². The van der Waals surface area contributed by atoms with Gasteiger partial charge >= 0.3 is 5.97 Å². The van der Waals surface area contributed by atoms with Crippen molar-refractivity contribution in [3.8, 4) is 0 Å². The van der Waals surface area contributed by atoms with Crippen LogP contribution in [0.1, 0.15) is 5.56 Å². The molecule has 0 aliphatic rings. The molecule has 2 rings (SSSR count). The monoisotopic (exact) mass is 176 g/mol. The molecular formula is C9H8N2O2. The number of nitrogens with zero attached hydrogens (tertiary/aromatic N) is 1. The minimum Gasteiger partial charge on any atom is -0.481 e. The van der Waals surface area contributed by atoms with Crippen molar-refractivity contribution in [2.75, 3.05) is 0 Å². The van der Waals surface area contributed by atoms with Crippen LogP contribution >= 0.6 is 0 Å². The Bertz CT molecular complexity index is 448. The number of carboxylic acid groups (broad SMARTS) is 1. The summed E-state index contributed by atoms with van der Waals surface area (Å²) >= 11 is 0. The Morgan fingerprint density at radius 1 is 1.62 bits per heavy atom. The van der Waals surface area contributed by atoms with Gasteiger partial charge in [0.25, 0.3) is 0 Å². The van der Waals surface area contributed by atoms with Crippen LogP contribution in [0.5, 0.6) is 0 Å². The van der Waals surface area contributed by atoms with E-state index in [4.69, 9.17) is 5.11 Å². The molecule has 66 valence electrons. The van der Waals surface area contributed by atoms with Crippen LogP contribution in [0, 0.1) is 0 Å². The molecule has 0 saturated carbocycles. The summed E-state index contributed by atoms with van der Waals surface area (Å²) < 4.78 is 0. The number of hydrogen-bond acceptors (Lipinski definition) is 2. The van der Waals surface area contributed by atoms with Gasteiger partial charge in [-0.25, -0.2) is 0 Å². The fraction of sp³-hybridized carbons (Fsp3) is 0.111. The minimum atomic E-state index is -0.822. The van der Waals surface area contributed by atoms with Gasteiger partial charge in [0.1, 0.15) is 0 Å². The number of nitrogens with one attached hydrogen (secondary N) is 1. The Hall–Kier alpha value is -1.84. The van der Waals surface area contributed by atoms with Gasteiger partial charge in [-0.3, -0.25) is 9.78 Å². The van der Waals surface area contributed by atoms with Gasteiger partial charge in [-0.2, -0.15) is 0 Å². The van der Waals surface area contributed by atoms with E-state index >= 15 is 0 Å². The fourth-order valence-electron chi connectivity index (χ4n) is 1.34. The fourth-order valence-corrected chi connectivity index (χ4v) is 1.34. The molecule has 0 atom stereocenters. The van der Waals surface area contributed by atoms with Crippen LogP contribution in [-0.2, 0) is 11.2 Å². The molecule has 2 N–H and O–H groups in total. The maximum absolute atomic E-state index is 10.5. The lowest BCUT2D eigenvalue weighted by atomic mass is 10.1. The zero-order chi connectivity index (χ0) is 9.26. The Kier molecular flexibility index (Phi) is 1.73. The highest BCUT2D eigenvalue weighted by Crippen LogP contribution is 2.16. The predicted molar refractivity (Wildman–Crippen MR) is 47.4 cm³/mol. The van der Waals surface area contributed by atoms with Crippen LogP contribution in [0.15, 0.2) is 24.7 Å². The molecule has 0 aromatic carbocycles. The Morgan fingerprint density at radius 2 is 2.46 bits per heavy atom. The number of hydrogen-bond donors (Lipinski definition) is 2. The predicted octanol–water partition coefficient (Wildman–Crippen LogP) is 1.19. The van der Waals surface area contributed by atoms with Crippen molar-refractivity contribution >= 4 is 16.9 Å². The van der Waals surface area contributed by atoms with Gasteiger partial charge in [0.2, 0.25) is 0 Å². The summed E-state index contributed by atoms with van der Waals surface area (Å²) in [6, 6.07) is 1.81. The Labute approximate surface area is 74.2 Å². The van der Waals surface area contributed by atoms with Crippen LogP contribution < -0.4 is 0 Å². The normalized spacial score (nSPS) is 10.5. The lowest BCUT2D eigenvalue weighted by Crippen LogP contribution is -1.98. The van der Waals surface area contributed by atoms with E-state index < -0.39 is 5.97 Å². The molecule has 0 unspecified atom stereocenters. The Morgan fingerprint density at radius 3 is 3.23 bits per heavy atom. The SMILES string of the molecule is O=C(O)Cc1c[nH]c2cnccc12. The largest absolute Gasteiger partial charge is 0.481 e. The van der Waals surface area contributed by atoms with Crippen LogP contribution in [0.25, 0.3) is 10.9 Å². The molecule has 0 aliphatic carbocycles. The second-order valence-electron chi connectivity index (χ2n) is 2.81. The first kappa shape index (κ1) is 7.79. The minimum absolute atomic E-state index is 0.0456. The average Bonchev–Trinajstić information content (AvgIpc) is 2.48. The lowest BCUT2D eigenvalue weighted by molar-refractivity contribution is -0.136. The number of rotatable bonds is 2. The maximum atomic E-state index is 10.5. The van der Waals surface area contributed by atoms with Crippen LogP contribution in [0.4, 0.5) is 0 Å². The summed E-state index contributed by atoms with van der Waals surface area (Å²) in [5.74, 6) is -0.822. The summed E-state index contributed by atoms with van der Waals surface area (Å²) in [6.45, 7) is 0. The summed E-state index contributed by atoms with van der Waals surface area (Å²) in [6.07, 6.45) is 5.09. The van der Waals surface area contributed by atoms with E-state index in [0.717, 1.165) is 16.5 Å². The molecular weight excluding hydrogens is 168 g/mol. The third-order valence-electron chi connectivity index (χ3n) is 1.91. The van der Waals surface area contributed by atoms with Crippen molar-refractivity contribution in [3.63, 3.8) is 0 Å². The highest BCUT2D eigenvalue weighted by Gasteiger charge is 2.06. The number of aliphatic carboxylic acids is 1. The standard InChI is InChI=1S/C9H8N2O2/c12-9(13)3-6-4-11-8-5-10-2-1-7(6)8/h1-2,4-5,11H,3H2,(H,12,13). The highest BCUT2D eigenvalue weighted by atomic mass is 16.4. The molecule has 0 aliphatic heterocycles. The molecule has 2 aromatic rings. The molecule has 4 heteroatoms. The van der Waals surface area contributed by atoms with E-state index in [1.54, 1.807) is 18.6 Å². The zero-order valence-corrected chi connectivity index (χ0v) is 6.82. The van der Waals surface area contributed by atoms with Crippen molar-refractivity contribution in [2.24, 2.45) is 0 Å². The van der Waals surface area contributed by atoms with Crippen molar-refractivity contribution in [3.05, 3.63) is 30.2 Å². The van der Waals surface area contributed by atoms with Gasteiger partial charge in [0.05, 0.1) is 18.1 Å². The molecule has 0 bridgehead atoms. The first-order valence-electron chi connectivity index (χ1n) is 3.89. The van der Waals surface area contributed by atoms with Crippen molar-refractivity contribution < 1.29 is 9.90 Å². The number of H-pyrrole nitrogens is 1. The molecule has 0 radical (unpaired) electrons. The van der Waals surface area contributed by atoms with Crippen LogP contribution in [0.2, 0.25) is 0 Å². The summed E-state index contributed by atoms with van der Waals surface area (Å²) in [5.41, 5.74) is 1.67. The lowest BCUT2D eigenvalue weighted by Gasteiger charge is -1.92. The summed E-state index contributed by atoms with van der Waals surface area (Å²) in [7, 11) is 0. The third kappa shape index (κ3) is 1.38. The average molecular weight is 176 g/mol. The van der Waals surface area contributed by atoms with Crippen LogP contribution in [-0.4, -0.2) is 21.0 Å². The second-order valence-corrected chi connectivity index (χ2v) is 2.81. The second kappa shape index (κ2) is 2.90. The van der Waals surface area contributed by atoms with E-state index in [1.165, 1.54) is 0 Å². The van der Waals surface area contributed by atoms with E-state index in [1.807, 2.05) is 6.07 Å². The third-order valence-corrected chi connectivity index (χ3v) is 1.91. The number of pyridine rings is 1. The Balaban J connectivity index is 2.51.